The minimum absolute atomic E-state index is 0.0278. The molecule has 22 heavy (non-hydrogen) atoms. The fourth-order valence-electron chi connectivity index (χ4n) is 2.35. The maximum absolute atomic E-state index is 12.1. The lowest BCUT2D eigenvalue weighted by Crippen LogP contribution is -2.29. The third-order valence-electron chi connectivity index (χ3n) is 3.38. The van der Waals surface area contributed by atoms with Gasteiger partial charge in [-0.2, -0.15) is 0 Å². The zero-order valence-electron chi connectivity index (χ0n) is 13.6. The minimum Gasteiger partial charge on any atom is -0.460 e. The standard InChI is InChI=1S/C16H24N2O3S/c1-10(2)8-17-14(19)7-12-9-22-15-13(5-6-18(12)15)16(20)21-11(3)4/h9-11H,5-8H2,1-4H3,(H,17,19). The quantitative estimate of drug-likeness (QED) is 0.761. The van der Waals surface area contributed by atoms with Crippen LogP contribution in [0, 0.1) is 5.92 Å². The number of fused-ring (bicyclic) bond motifs is 1. The summed E-state index contributed by atoms with van der Waals surface area (Å²) >= 11 is 1.51. The average molecular weight is 324 g/mol. The van der Waals surface area contributed by atoms with Gasteiger partial charge in [0.25, 0.3) is 0 Å². The van der Waals surface area contributed by atoms with Crippen molar-refractivity contribution < 1.29 is 14.3 Å². The molecule has 0 spiro atoms. The van der Waals surface area contributed by atoms with Gasteiger partial charge in [-0.15, -0.1) is 0 Å². The Morgan fingerprint density at radius 1 is 1.36 bits per heavy atom. The smallest absolute Gasteiger partial charge is 0.337 e. The summed E-state index contributed by atoms with van der Waals surface area (Å²) < 4.78 is 5.28. The van der Waals surface area contributed by atoms with Crippen LogP contribution >= 0.6 is 11.8 Å². The van der Waals surface area contributed by atoms with E-state index in [-0.39, 0.29) is 18.0 Å². The third-order valence-corrected chi connectivity index (χ3v) is 4.46. The molecule has 5 nitrogen and oxygen atoms in total. The first kappa shape index (κ1) is 16.9. The first-order valence-corrected chi connectivity index (χ1v) is 8.60. The summed E-state index contributed by atoms with van der Waals surface area (Å²) in [4.78, 5) is 26.1. The number of thioether (sulfide) groups is 1. The van der Waals surface area contributed by atoms with Gasteiger partial charge in [-0.05, 0) is 25.2 Å². The van der Waals surface area contributed by atoms with Crippen LogP contribution in [0.25, 0.3) is 0 Å². The van der Waals surface area contributed by atoms with E-state index in [9.17, 15) is 9.59 Å². The summed E-state index contributed by atoms with van der Waals surface area (Å²) in [7, 11) is 0. The molecule has 2 aliphatic rings. The van der Waals surface area contributed by atoms with Gasteiger partial charge in [0.05, 0.1) is 23.1 Å². The molecule has 2 heterocycles. The summed E-state index contributed by atoms with van der Waals surface area (Å²) in [5, 5.41) is 5.82. The molecule has 122 valence electrons. The number of rotatable bonds is 6. The van der Waals surface area contributed by atoms with Crippen LogP contribution in [0.5, 0.6) is 0 Å². The monoisotopic (exact) mass is 324 g/mol. The van der Waals surface area contributed by atoms with Crippen LogP contribution in [-0.4, -0.2) is 36.0 Å². The fourth-order valence-corrected chi connectivity index (χ4v) is 3.47. The van der Waals surface area contributed by atoms with E-state index in [2.05, 4.69) is 24.1 Å². The highest BCUT2D eigenvalue weighted by Crippen LogP contribution is 2.43. The van der Waals surface area contributed by atoms with Gasteiger partial charge in [0, 0.05) is 25.2 Å². The third kappa shape index (κ3) is 4.06. The largest absolute Gasteiger partial charge is 0.460 e. The number of nitrogens with zero attached hydrogens (tertiary/aromatic N) is 1. The van der Waals surface area contributed by atoms with Gasteiger partial charge in [-0.3, -0.25) is 4.79 Å². The maximum Gasteiger partial charge on any atom is 0.337 e. The maximum atomic E-state index is 12.1. The van der Waals surface area contributed by atoms with Crippen molar-refractivity contribution in [3.63, 3.8) is 0 Å². The van der Waals surface area contributed by atoms with Gasteiger partial charge < -0.3 is 15.0 Å². The molecule has 6 heteroatoms. The van der Waals surface area contributed by atoms with Crippen LogP contribution in [-0.2, 0) is 14.3 Å². The number of hydrogen-bond donors (Lipinski definition) is 1. The van der Waals surface area contributed by atoms with E-state index in [1.54, 1.807) is 0 Å². The Balaban J connectivity index is 1.95. The molecule has 2 aliphatic heterocycles. The molecule has 0 atom stereocenters. The molecule has 0 bridgehead atoms. The summed E-state index contributed by atoms with van der Waals surface area (Å²) in [5.41, 5.74) is 1.70. The predicted molar refractivity (Wildman–Crippen MR) is 87.7 cm³/mol. The Labute approximate surface area is 136 Å². The number of hydrogen-bond acceptors (Lipinski definition) is 5. The molecular weight excluding hydrogens is 300 g/mol. The van der Waals surface area contributed by atoms with Gasteiger partial charge in [0.2, 0.25) is 5.91 Å². The highest BCUT2D eigenvalue weighted by Gasteiger charge is 2.34. The average Bonchev–Trinajstić information content (AvgIpc) is 2.98. The lowest BCUT2D eigenvalue weighted by Gasteiger charge is -2.18. The second kappa shape index (κ2) is 7.22. The second-order valence-electron chi connectivity index (χ2n) is 6.24. The van der Waals surface area contributed by atoms with E-state index < -0.39 is 0 Å². The predicted octanol–water partition coefficient (Wildman–Crippen LogP) is 2.61. The molecule has 2 rings (SSSR count). The molecule has 1 N–H and O–H groups in total. The number of ether oxygens (including phenoxy) is 1. The van der Waals surface area contributed by atoms with Crippen molar-refractivity contribution in [3.05, 3.63) is 21.7 Å². The highest BCUT2D eigenvalue weighted by molar-refractivity contribution is 8.06. The van der Waals surface area contributed by atoms with E-state index in [0.29, 0.717) is 25.3 Å². The molecule has 0 radical (unpaired) electrons. The molecule has 0 aromatic carbocycles. The summed E-state index contributed by atoms with van der Waals surface area (Å²) in [6, 6.07) is 0. The van der Waals surface area contributed by atoms with E-state index in [0.717, 1.165) is 22.8 Å². The van der Waals surface area contributed by atoms with Gasteiger partial charge in [-0.1, -0.05) is 25.6 Å². The molecule has 0 saturated heterocycles. The Morgan fingerprint density at radius 2 is 2.09 bits per heavy atom. The molecular formula is C16H24N2O3S. The second-order valence-corrected chi connectivity index (χ2v) is 7.10. The summed E-state index contributed by atoms with van der Waals surface area (Å²) in [6.45, 7) is 9.26. The zero-order valence-corrected chi connectivity index (χ0v) is 14.5. The van der Waals surface area contributed by atoms with Crippen molar-refractivity contribution in [1.29, 1.82) is 0 Å². The first-order chi connectivity index (χ1) is 10.4. The minimum atomic E-state index is -0.237. The zero-order chi connectivity index (χ0) is 16.3. The molecule has 0 unspecified atom stereocenters. The molecule has 0 aromatic rings. The van der Waals surface area contributed by atoms with Crippen molar-refractivity contribution in [3.8, 4) is 0 Å². The fraction of sp³-hybridized carbons (Fsp3) is 0.625. The van der Waals surface area contributed by atoms with Gasteiger partial charge >= 0.3 is 5.97 Å². The van der Waals surface area contributed by atoms with E-state index in [1.807, 2.05) is 19.3 Å². The number of carbonyl (C=O) groups excluding carboxylic acids is 2. The van der Waals surface area contributed by atoms with Crippen LogP contribution in [0.1, 0.15) is 40.5 Å². The summed E-state index contributed by atoms with van der Waals surface area (Å²) in [6.07, 6.45) is 0.921. The van der Waals surface area contributed by atoms with Gasteiger partial charge in [0.15, 0.2) is 0 Å². The number of esters is 1. The van der Waals surface area contributed by atoms with Crippen LogP contribution in [0.15, 0.2) is 21.7 Å². The molecule has 0 fully saturated rings. The summed E-state index contributed by atoms with van der Waals surface area (Å²) in [5.74, 6) is 0.231. The van der Waals surface area contributed by atoms with Crippen LogP contribution in [0.4, 0.5) is 0 Å². The van der Waals surface area contributed by atoms with Crippen LogP contribution < -0.4 is 5.32 Å². The highest BCUT2D eigenvalue weighted by atomic mass is 32.2. The first-order valence-electron chi connectivity index (χ1n) is 7.72. The topological polar surface area (TPSA) is 58.6 Å². The lowest BCUT2D eigenvalue weighted by atomic mass is 10.2. The van der Waals surface area contributed by atoms with Crippen molar-refractivity contribution in [2.24, 2.45) is 5.92 Å². The number of carbonyl (C=O) groups is 2. The van der Waals surface area contributed by atoms with Gasteiger partial charge in [-0.25, -0.2) is 4.79 Å². The molecule has 0 aromatic heterocycles. The van der Waals surface area contributed by atoms with E-state index in [1.165, 1.54) is 11.8 Å². The Hall–Kier alpha value is -1.43. The Morgan fingerprint density at radius 3 is 2.73 bits per heavy atom. The van der Waals surface area contributed by atoms with E-state index >= 15 is 0 Å². The van der Waals surface area contributed by atoms with E-state index in [4.69, 9.17) is 4.74 Å². The molecule has 0 saturated carbocycles. The molecule has 0 aliphatic carbocycles. The van der Waals surface area contributed by atoms with Crippen molar-refractivity contribution in [2.45, 2.75) is 46.6 Å². The molecule has 1 amide bonds. The van der Waals surface area contributed by atoms with Crippen LogP contribution in [0.3, 0.4) is 0 Å². The van der Waals surface area contributed by atoms with Gasteiger partial charge in [0.1, 0.15) is 0 Å². The Bertz CT molecular complexity index is 523. The van der Waals surface area contributed by atoms with Crippen molar-refractivity contribution in [2.75, 3.05) is 13.1 Å². The lowest BCUT2D eigenvalue weighted by molar-refractivity contribution is -0.142. The number of nitrogens with one attached hydrogen (secondary N) is 1. The van der Waals surface area contributed by atoms with Crippen molar-refractivity contribution >= 4 is 23.6 Å². The SMILES string of the molecule is CC(C)CNC(=O)CC1=CSC2=C(C(=O)OC(C)C)CCN12. The van der Waals surface area contributed by atoms with Crippen LogP contribution in [0.2, 0.25) is 0 Å². The Kier molecular flexibility index (Phi) is 5.56. The van der Waals surface area contributed by atoms with Crippen molar-refractivity contribution in [1.82, 2.24) is 10.2 Å². The normalized spacial score (nSPS) is 17.2. The number of amides is 1.